The lowest BCUT2D eigenvalue weighted by Crippen LogP contribution is -2.23. The fraction of sp³-hybridized carbons (Fsp3) is 0.278. The molecule has 116 valence electrons. The van der Waals surface area contributed by atoms with Crippen molar-refractivity contribution in [2.45, 2.75) is 19.9 Å². The Kier molecular flexibility index (Phi) is 5.42. The number of nitrogens with one attached hydrogen (secondary N) is 1. The van der Waals surface area contributed by atoms with Gasteiger partial charge in [-0.3, -0.25) is 4.79 Å². The quantitative estimate of drug-likeness (QED) is 0.891. The average Bonchev–Trinajstić information content (AvgIpc) is 2.59. The molecular weight excluding hydrogens is 278 g/mol. The zero-order valence-electron chi connectivity index (χ0n) is 13.2. The molecule has 1 amide bonds. The van der Waals surface area contributed by atoms with E-state index in [1.54, 1.807) is 20.3 Å². The number of amides is 1. The summed E-state index contributed by atoms with van der Waals surface area (Å²) in [5.74, 6) is 1.32. The van der Waals surface area contributed by atoms with Crippen molar-refractivity contribution >= 4 is 5.91 Å². The molecule has 22 heavy (non-hydrogen) atoms. The van der Waals surface area contributed by atoms with Crippen LogP contribution in [0.25, 0.3) is 0 Å². The summed E-state index contributed by atoms with van der Waals surface area (Å²) in [6.45, 7) is 2.49. The molecule has 0 aliphatic carbocycles. The van der Waals surface area contributed by atoms with Crippen molar-refractivity contribution in [2.24, 2.45) is 0 Å². The molecule has 0 aliphatic rings. The number of carbonyl (C=O) groups excluding carboxylic acids is 1. The lowest BCUT2D eigenvalue weighted by Gasteiger charge is -2.11. The Balaban J connectivity index is 2.04. The molecule has 0 fully saturated rings. The number of ether oxygens (including phenoxy) is 2. The lowest BCUT2D eigenvalue weighted by molar-refractivity contribution is 0.0950. The molecule has 0 saturated heterocycles. The number of methoxy groups -OCH3 is 2. The van der Waals surface area contributed by atoms with E-state index in [-0.39, 0.29) is 5.91 Å². The van der Waals surface area contributed by atoms with Crippen LogP contribution in [-0.2, 0) is 13.0 Å². The smallest absolute Gasteiger partial charge is 0.251 e. The Morgan fingerprint density at radius 2 is 1.77 bits per heavy atom. The number of hydrogen-bond donors (Lipinski definition) is 1. The average molecular weight is 299 g/mol. The van der Waals surface area contributed by atoms with Gasteiger partial charge in [-0.05, 0) is 36.2 Å². The highest BCUT2D eigenvalue weighted by Crippen LogP contribution is 2.24. The first-order chi connectivity index (χ1) is 10.7. The van der Waals surface area contributed by atoms with Gasteiger partial charge in [0.15, 0.2) is 0 Å². The molecule has 2 aromatic carbocycles. The maximum Gasteiger partial charge on any atom is 0.251 e. The van der Waals surface area contributed by atoms with Crippen LogP contribution in [0.3, 0.4) is 0 Å². The van der Waals surface area contributed by atoms with E-state index in [1.165, 1.54) is 5.56 Å². The molecule has 0 aromatic heterocycles. The monoisotopic (exact) mass is 299 g/mol. The first kappa shape index (κ1) is 15.9. The minimum atomic E-state index is -0.0967. The molecule has 0 bridgehead atoms. The third-order valence-electron chi connectivity index (χ3n) is 3.56. The van der Waals surface area contributed by atoms with Gasteiger partial charge in [0.2, 0.25) is 0 Å². The standard InChI is InChI=1S/C18H21NO3/c1-4-13-5-7-14(8-6-13)18(20)19-12-15-9-10-16(21-2)11-17(15)22-3/h5-11H,4,12H2,1-3H3,(H,19,20). The fourth-order valence-electron chi connectivity index (χ4n) is 2.17. The maximum absolute atomic E-state index is 12.2. The van der Waals surface area contributed by atoms with Crippen molar-refractivity contribution in [1.29, 1.82) is 0 Å². The number of hydrogen-bond acceptors (Lipinski definition) is 3. The Labute approximate surface area is 131 Å². The maximum atomic E-state index is 12.2. The van der Waals surface area contributed by atoms with Gasteiger partial charge in [-0.1, -0.05) is 19.1 Å². The van der Waals surface area contributed by atoms with Gasteiger partial charge < -0.3 is 14.8 Å². The molecule has 2 rings (SSSR count). The SMILES string of the molecule is CCc1ccc(C(=O)NCc2ccc(OC)cc2OC)cc1. The second-order valence-electron chi connectivity index (χ2n) is 4.91. The normalized spacial score (nSPS) is 10.1. The van der Waals surface area contributed by atoms with Gasteiger partial charge in [0.05, 0.1) is 14.2 Å². The summed E-state index contributed by atoms with van der Waals surface area (Å²) >= 11 is 0. The summed E-state index contributed by atoms with van der Waals surface area (Å²) in [7, 11) is 3.21. The number of carbonyl (C=O) groups is 1. The first-order valence-corrected chi connectivity index (χ1v) is 7.26. The zero-order valence-corrected chi connectivity index (χ0v) is 13.2. The second kappa shape index (κ2) is 7.50. The van der Waals surface area contributed by atoms with Gasteiger partial charge in [0.25, 0.3) is 5.91 Å². The molecule has 0 saturated carbocycles. The van der Waals surface area contributed by atoms with Crippen molar-refractivity contribution in [1.82, 2.24) is 5.32 Å². The molecule has 0 atom stereocenters. The van der Waals surface area contributed by atoms with E-state index in [4.69, 9.17) is 9.47 Å². The highest BCUT2D eigenvalue weighted by molar-refractivity contribution is 5.94. The van der Waals surface area contributed by atoms with E-state index in [0.717, 1.165) is 17.7 Å². The molecule has 1 N–H and O–H groups in total. The summed E-state index contributed by atoms with van der Waals surface area (Å²) in [5.41, 5.74) is 2.78. The van der Waals surface area contributed by atoms with Crippen molar-refractivity contribution in [3.63, 3.8) is 0 Å². The van der Waals surface area contributed by atoms with E-state index < -0.39 is 0 Å². The van der Waals surface area contributed by atoms with Gasteiger partial charge in [-0.25, -0.2) is 0 Å². The van der Waals surface area contributed by atoms with Crippen molar-refractivity contribution in [3.05, 3.63) is 59.2 Å². The summed E-state index contributed by atoms with van der Waals surface area (Å²) in [6.07, 6.45) is 0.963. The number of rotatable bonds is 6. The number of benzene rings is 2. The van der Waals surface area contributed by atoms with E-state index in [0.29, 0.717) is 17.9 Å². The summed E-state index contributed by atoms with van der Waals surface area (Å²) in [6, 6.07) is 13.2. The zero-order chi connectivity index (χ0) is 15.9. The van der Waals surface area contributed by atoms with Crippen LogP contribution in [0.4, 0.5) is 0 Å². The van der Waals surface area contributed by atoms with Crippen LogP contribution in [0.5, 0.6) is 11.5 Å². The Morgan fingerprint density at radius 1 is 1.05 bits per heavy atom. The van der Waals surface area contributed by atoms with Gasteiger partial charge >= 0.3 is 0 Å². The van der Waals surface area contributed by atoms with Crippen LogP contribution < -0.4 is 14.8 Å². The van der Waals surface area contributed by atoms with Crippen molar-refractivity contribution < 1.29 is 14.3 Å². The van der Waals surface area contributed by atoms with Gasteiger partial charge in [-0.15, -0.1) is 0 Å². The van der Waals surface area contributed by atoms with Crippen LogP contribution in [0.1, 0.15) is 28.4 Å². The Hall–Kier alpha value is -2.49. The molecular formula is C18H21NO3. The Bertz CT molecular complexity index is 635. The molecule has 4 nitrogen and oxygen atoms in total. The minimum Gasteiger partial charge on any atom is -0.497 e. The summed E-state index contributed by atoms with van der Waals surface area (Å²) in [4.78, 5) is 12.2. The van der Waals surface area contributed by atoms with Crippen LogP contribution in [0.15, 0.2) is 42.5 Å². The molecule has 0 unspecified atom stereocenters. The molecule has 0 heterocycles. The molecule has 4 heteroatoms. The van der Waals surface area contributed by atoms with E-state index in [9.17, 15) is 4.79 Å². The van der Waals surface area contributed by atoms with Crippen molar-refractivity contribution in [2.75, 3.05) is 14.2 Å². The first-order valence-electron chi connectivity index (χ1n) is 7.26. The molecule has 0 radical (unpaired) electrons. The van der Waals surface area contributed by atoms with E-state index in [1.807, 2.05) is 36.4 Å². The summed E-state index contributed by atoms with van der Waals surface area (Å²) < 4.78 is 10.5. The van der Waals surface area contributed by atoms with Crippen molar-refractivity contribution in [3.8, 4) is 11.5 Å². The third kappa shape index (κ3) is 3.79. The van der Waals surface area contributed by atoms with E-state index >= 15 is 0 Å². The summed E-state index contributed by atoms with van der Waals surface area (Å²) in [5, 5.41) is 2.91. The molecule has 0 spiro atoms. The topological polar surface area (TPSA) is 47.6 Å². The number of aryl methyl sites for hydroxylation is 1. The predicted molar refractivity (Wildman–Crippen MR) is 86.5 cm³/mol. The fourth-order valence-corrected chi connectivity index (χ4v) is 2.17. The van der Waals surface area contributed by atoms with Crippen LogP contribution in [-0.4, -0.2) is 20.1 Å². The highest BCUT2D eigenvalue weighted by atomic mass is 16.5. The lowest BCUT2D eigenvalue weighted by atomic mass is 10.1. The molecule has 2 aromatic rings. The van der Waals surface area contributed by atoms with E-state index in [2.05, 4.69) is 12.2 Å². The molecule has 0 aliphatic heterocycles. The Morgan fingerprint density at radius 3 is 2.36 bits per heavy atom. The highest BCUT2D eigenvalue weighted by Gasteiger charge is 2.08. The van der Waals surface area contributed by atoms with Crippen LogP contribution in [0, 0.1) is 0 Å². The minimum absolute atomic E-state index is 0.0967. The predicted octanol–water partition coefficient (Wildman–Crippen LogP) is 3.20. The second-order valence-corrected chi connectivity index (χ2v) is 4.91. The largest absolute Gasteiger partial charge is 0.497 e. The van der Waals surface area contributed by atoms with Crippen LogP contribution >= 0.6 is 0 Å². The van der Waals surface area contributed by atoms with Gasteiger partial charge in [0.1, 0.15) is 11.5 Å². The van der Waals surface area contributed by atoms with Crippen LogP contribution in [0.2, 0.25) is 0 Å². The van der Waals surface area contributed by atoms with Gasteiger partial charge in [-0.2, -0.15) is 0 Å². The third-order valence-corrected chi connectivity index (χ3v) is 3.56. The van der Waals surface area contributed by atoms with Gasteiger partial charge in [0, 0.05) is 23.7 Å².